The Balaban J connectivity index is 1.22. The van der Waals surface area contributed by atoms with Crippen LogP contribution in [0.15, 0.2) is 78.9 Å². The minimum atomic E-state index is -4.71. The van der Waals surface area contributed by atoms with Crippen LogP contribution < -0.4 is 10.1 Å². The van der Waals surface area contributed by atoms with Gasteiger partial charge in [-0.2, -0.15) is 0 Å². The molecule has 1 aliphatic carbocycles. The fourth-order valence-electron chi connectivity index (χ4n) is 3.91. The summed E-state index contributed by atoms with van der Waals surface area (Å²) in [5, 5.41) is 2.72. The van der Waals surface area contributed by atoms with Crippen LogP contribution in [0, 0.1) is 0 Å². The smallest absolute Gasteiger partial charge is 0.449 e. The largest absolute Gasteiger partial charge is 0.573 e. The first kappa shape index (κ1) is 22.5. The predicted molar refractivity (Wildman–Crippen MR) is 120 cm³/mol. The van der Waals surface area contributed by atoms with Crippen molar-refractivity contribution < 1.29 is 27.4 Å². The Kier molecular flexibility index (Phi) is 6.68. The zero-order valence-electron chi connectivity index (χ0n) is 17.6. The van der Waals surface area contributed by atoms with Crippen molar-refractivity contribution in [2.24, 2.45) is 0 Å². The monoisotopic (exact) mass is 453 g/mol. The lowest BCUT2D eigenvalue weighted by molar-refractivity contribution is -0.274. The summed E-state index contributed by atoms with van der Waals surface area (Å²) in [5.74, 6) is -0.260. The highest BCUT2D eigenvalue weighted by atomic mass is 19.4. The Morgan fingerprint density at radius 2 is 1.52 bits per heavy atom. The highest BCUT2D eigenvalue weighted by Crippen LogP contribution is 2.44. The average Bonchev–Trinajstić information content (AvgIpc) is 3.11. The molecule has 0 aromatic heterocycles. The number of ether oxygens (including phenoxy) is 2. The molecule has 4 rings (SSSR count). The van der Waals surface area contributed by atoms with E-state index in [0.29, 0.717) is 13.0 Å². The first-order chi connectivity index (χ1) is 15.9. The van der Waals surface area contributed by atoms with Gasteiger partial charge < -0.3 is 14.8 Å². The van der Waals surface area contributed by atoms with Gasteiger partial charge in [0, 0.05) is 12.5 Å². The van der Waals surface area contributed by atoms with Crippen LogP contribution in [0.5, 0.6) is 5.75 Å². The number of alkyl carbamates (subject to hydrolysis) is 1. The zero-order chi connectivity index (χ0) is 23.3. The van der Waals surface area contributed by atoms with Gasteiger partial charge in [0.25, 0.3) is 0 Å². The van der Waals surface area contributed by atoms with Gasteiger partial charge in [0.05, 0.1) is 0 Å². The molecule has 3 aromatic carbocycles. The number of hydrogen-bond donors (Lipinski definition) is 1. The lowest BCUT2D eigenvalue weighted by atomic mass is 9.98. The number of hydrogen-bond acceptors (Lipinski definition) is 3. The number of benzene rings is 3. The lowest BCUT2D eigenvalue weighted by Crippen LogP contribution is -2.26. The summed E-state index contributed by atoms with van der Waals surface area (Å²) in [5.41, 5.74) is 5.38. The molecular weight excluding hydrogens is 431 g/mol. The highest BCUT2D eigenvalue weighted by Gasteiger charge is 2.31. The third-order valence-electron chi connectivity index (χ3n) is 5.35. The number of fused-ring (bicyclic) bond motifs is 3. The Morgan fingerprint density at radius 3 is 2.12 bits per heavy atom. The van der Waals surface area contributed by atoms with Crippen LogP contribution >= 0.6 is 0 Å². The van der Waals surface area contributed by atoms with E-state index < -0.39 is 12.5 Å². The molecule has 0 spiro atoms. The third-order valence-corrected chi connectivity index (χ3v) is 5.35. The molecule has 1 N–H and O–H groups in total. The molecule has 0 radical (unpaired) electrons. The molecule has 0 saturated carbocycles. The van der Waals surface area contributed by atoms with Crippen molar-refractivity contribution >= 4 is 12.2 Å². The summed E-state index contributed by atoms with van der Waals surface area (Å²) in [6, 6.07) is 21.8. The normalized spacial score (nSPS) is 12.9. The van der Waals surface area contributed by atoms with Gasteiger partial charge >= 0.3 is 12.5 Å². The fraction of sp³-hybridized carbons (Fsp3) is 0.192. The topological polar surface area (TPSA) is 47.6 Å². The third kappa shape index (κ3) is 5.74. The van der Waals surface area contributed by atoms with Gasteiger partial charge in [-0.05, 0) is 46.4 Å². The van der Waals surface area contributed by atoms with E-state index in [9.17, 15) is 18.0 Å². The minimum Gasteiger partial charge on any atom is -0.449 e. The van der Waals surface area contributed by atoms with E-state index >= 15 is 0 Å². The molecule has 0 bridgehead atoms. The van der Waals surface area contributed by atoms with E-state index in [1.54, 1.807) is 6.08 Å². The summed E-state index contributed by atoms with van der Waals surface area (Å²) in [6.45, 7) is 0.629. The number of carbonyl (C=O) groups is 1. The maximum Gasteiger partial charge on any atom is 0.573 e. The maximum atomic E-state index is 12.2. The molecule has 4 nitrogen and oxygen atoms in total. The van der Waals surface area contributed by atoms with Gasteiger partial charge in [-0.3, -0.25) is 0 Å². The Bertz CT molecular complexity index is 1090. The van der Waals surface area contributed by atoms with Crippen LogP contribution in [-0.2, 0) is 4.74 Å². The summed E-state index contributed by atoms with van der Waals surface area (Å²) in [7, 11) is 0. The molecule has 33 heavy (non-hydrogen) atoms. The van der Waals surface area contributed by atoms with Gasteiger partial charge in [0.1, 0.15) is 12.4 Å². The van der Waals surface area contributed by atoms with Crippen molar-refractivity contribution in [3.63, 3.8) is 0 Å². The second-order valence-corrected chi connectivity index (χ2v) is 7.56. The minimum absolute atomic E-state index is 0.00680. The predicted octanol–water partition coefficient (Wildman–Crippen LogP) is 6.53. The number of carbonyl (C=O) groups excluding carboxylic acids is 1. The van der Waals surface area contributed by atoms with Gasteiger partial charge in [0.15, 0.2) is 0 Å². The molecule has 0 fully saturated rings. The van der Waals surface area contributed by atoms with E-state index in [0.717, 1.165) is 16.7 Å². The summed E-state index contributed by atoms with van der Waals surface area (Å²) < 4.78 is 45.9. The molecule has 1 amide bonds. The molecule has 0 atom stereocenters. The molecule has 1 aliphatic rings. The van der Waals surface area contributed by atoms with Crippen molar-refractivity contribution in [2.45, 2.75) is 18.7 Å². The number of nitrogens with one attached hydrogen (secondary N) is 1. The van der Waals surface area contributed by atoms with Gasteiger partial charge in [0.2, 0.25) is 0 Å². The lowest BCUT2D eigenvalue weighted by Gasteiger charge is -2.14. The second-order valence-electron chi connectivity index (χ2n) is 7.56. The van der Waals surface area contributed by atoms with Crippen molar-refractivity contribution in [3.05, 3.63) is 95.6 Å². The quantitative estimate of drug-likeness (QED) is 0.414. The SMILES string of the molecule is O=C(NCCC=Cc1ccc(OC(F)(F)F)cc1)OCC1c2ccccc2-c2ccccc21. The van der Waals surface area contributed by atoms with E-state index in [-0.39, 0.29) is 18.3 Å². The van der Waals surface area contributed by atoms with Gasteiger partial charge in [-0.15, -0.1) is 13.2 Å². The van der Waals surface area contributed by atoms with Crippen LogP contribution in [0.2, 0.25) is 0 Å². The standard InChI is InChI=1S/C26H22F3NO3/c27-26(28,29)33-19-14-12-18(13-15-19)7-5-6-16-30-25(31)32-17-24-22-10-3-1-8-20(22)21-9-2-4-11-23(21)24/h1-5,7-15,24H,6,16-17H2,(H,30,31). The molecule has 3 aromatic rings. The number of amides is 1. The Hall–Kier alpha value is -3.74. The Morgan fingerprint density at radius 1 is 0.909 bits per heavy atom. The highest BCUT2D eigenvalue weighted by molar-refractivity contribution is 5.79. The Labute approximate surface area is 189 Å². The zero-order valence-corrected chi connectivity index (χ0v) is 17.6. The number of rotatable bonds is 7. The molecule has 0 heterocycles. The van der Waals surface area contributed by atoms with Crippen LogP contribution in [0.1, 0.15) is 29.0 Å². The van der Waals surface area contributed by atoms with Crippen molar-refractivity contribution in [2.75, 3.05) is 13.2 Å². The second kappa shape index (κ2) is 9.81. The van der Waals surface area contributed by atoms with E-state index in [1.807, 2.05) is 30.3 Å². The van der Waals surface area contributed by atoms with Gasteiger partial charge in [-0.25, -0.2) is 4.79 Å². The number of halogens is 3. The first-order valence-electron chi connectivity index (χ1n) is 10.5. The number of alkyl halides is 3. The van der Waals surface area contributed by atoms with Crippen LogP contribution in [0.25, 0.3) is 17.2 Å². The molecule has 170 valence electrons. The molecule has 7 heteroatoms. The molecular formula is C26H22F3NO3. The summed E-state index contributed by atoms with van der Waals surface area (Å²) in [6.07, 6.45) is -1.06. The summed E-state index contributed by atoms with van der Waals surface area (Å²) in [4.78, 5) is 12.1. The van der Waals surface area contributed by atoms with Gasteiger partial charge in [-0.1, -0.05) is 72.8 Å². The maximum absolute atomic E-state index is 12.2. The van der Waals surface area contributed by atoms with E-state index in [1.165, 1.54) is 35.4 Å². The molecule has 0 unspecified atom stereocenters. The van der Waals surface area contributed by atoms with E-state index in [4.69, 9.17) is 4.74 Å². The first-order valence-corrected chi connectivity index (χ1v) is 10.5. The van der Waals surface area contributed by atoms with Crippen molar-refractivity contribution in [1.82, 2.24) is 5.32 Å². The van der Waals surface area contributed by atoms with E-state index in [2.05, 4.69) is 34.3 Å². The average molecular weight is 453 g/mol. The van der Waals surface area contributed by atoms with Crippen LogP contribution in [0.3, 0.4) is 0 Å². The fourth-order valence-corrected chi connectivity index (χ4v) is 3.91. The molecule has 0 saturated heterocycles. The van der Waals surface area contributed by atoms with Crippen LogP contribution in [0.4, 0.5) is 18.0 Å². The van der Waals surface area contributed by atoms with Crippen molar-refractivity contribution in [1.29, 1.82) is 0 Å². The summed E-state index contributed by atoms with van der Waals surface area (Å²) >= 11 is 0. The molecule has 0 aliphatic heterocycles. The van der Waals surface area contributed by atoms with Crippen LogP contribution in [-0.4, -0.2) is 25.6 Å². The van der Waals surface area contributed by atoms with Crippen molar-refractivity contribution in [3.8, 4) is 16.9 Å².